The molecule has 5 heteroatoms. The molecule has 0 aliphatic heterocycles. The van der Waals surface area contributed by atoms with Crippen LogP contribution in [0.15, 0.2) is 48.5 Å². The number of hydrogen-bond acceptors (Lipinski definition) is 3. The highest BCUT2D eigenvalue weighted by atomic mass is 35.5. The topological polar surface area (TPSA) is 46.4 Å². The lowest BCUT2D eigenvalue weighted by Crippen LogP contribution is -2.33. The summed E-state index contributed by atoms with van der Waals surface area (Å²) in [7, 11) is 2.17. The van der Waals surface area contributed by atoms with Crippen molar-refractivity contribution in [3.05, 3.63) is 75.3 Å². The highest BCUT2D eigenvalue weighted by Gasteiger charge is 2.23. The average molecular weight is 333 g/mol. The van der Waals surface area contributed by atoms with Gasteiger partial charge in [-0.25, -0.2) is 0 Å². The van der Waals surface area contributed by atoms with E-state index in [4.69, 9.17) is 0 Å². The Morgan fingerprint density at radius 1 is 1.09 bits per heavy atom. The molecule has 0 radical (unpaired) electrons. The first-order valence-electron chi connectivity index (χ1n) is 7.64. The SMILES string of the molecule is CN(CCc1ccc([N+](=O)[O-])cc1)C1Cc2ccccc2C1.Cl. The second kappa shape index (κ2) is 7.57. The highest BCUT2D eigenvalue weighted by Crippen LogP contribution is 2.24. The van der Waals surface area contributed by atoms with Crippen LogP contribution in [0.5, 0.6) is 0 Å². The fraction of sp³-hybridized carbons (Fsp3) is 0.333. The molecule has 3 rings (SSSR count). The molecule has 0 heterocycles. The van der Waals surface area contributed by atoms with E-state index in [9.17, 15) is 10.1 Å². The predicted octanol–water partition coefficient (Wildman–Crippen LogP) is 3.66. The van der Waals surface area contributed by atoms with E-state index in [1.54, 1.807) is 12.1 Å². The minimum absolute atomic E-state index is 0. The summed E-state index contributed by atoms with van der Waals surface area (Å²) in [6.45, 7) is 0.969. The van der Waals surface area contributed by atoms with Gasteiger partial charge >= 0.3 is 0 Å². The Balaban J connectivity index is 0.00000192. The number of non-ortho nitro benzene ring substituents is 1. The number of nitro benzene ring substituents is 1. The second-order valence-corrected chi connectivity index (χ2v) is 5.98. The molecule has 0 saturated heterocycles. The summed E-state index contributed by atoms with van der Waals surface area (Å²) in [5.41, 5.74) is 4.24. The van der Waals surface area contributed by atoms with E-state index in [1.807, 2.05) is 12.1 Å². The number of hydrogen-bond donors (Lipinski definition) is 0. The Morgan fingerprint density at radius 3 is 2.17 bits per heavy atom. The van der Waals surface area contributed by atoms with E-state index < -0.39 is 0 Å². The number of halogens is 1. The van der Waals surface area contributed by atoms with Gasteiger partial charge in [0.1, 0.15) is 0 Å². The molecule has 2 aromatic carbocycles. The summed E-state index contributed by atoms with van der Waals surface area (Å²) in [4.78, 5) is 12.7. The first-order valence-corrected chi connectivity index (χ1v) is 7.64. The summed E-state index contributed by atoms with van der Waals surface area (Å²) in [6.07, 6.45) is 3.15. The molecule has 0 atom stereocenters. The van der Waals surface area contributed by atoms with E-state index in [-0.39, 0.29) is 23.0 Å². The minimum atomic E-state index is -0.356. The van der Waals surface area contributed by atoms with Gasteiger partial charge in [0.2, 0.25) is 0 Å². The van der Waals surface area contributed by atoms with Crippen LogP contribution >= 0.6 is 12.4 Å². The standard InChI is InChI=1S/C18H20N2O2.ClH/c1-19(18-12-15-4-2-3-5-16(15)13-18)11-10-14-6-8-17(9-7-14)20(21)22;/h2-9,18H,10-13H2,1H3;1H. The highest BCUT2D eigenvalue weighted by molar-refractivity contribution is 5.85. The molecule has 0 aromatic heterocycles. The molecule has 0 N–H and O–H groups in total. The number of nitrogens with zero attached hydrogens (tertiary/aromatic N) is 2. The van der Waals surface area contributed by atoms with Crippen molar-refractivity contribution in [1.29, 1.82) is 0 Å². The summed E-state index contributed by atoms with van der Waals surface area (Å²) >= 11 is 0. The second-order valence-electron chi connectivity index (χ2n) is 5.98. The Kier molecular flexibility index (Phi) is 5.74. The van der Waals surface area contributed by atoms with E-state index in [1.165, 1.54) is 11.1 Å². The maximum atomic E-state index is 10.7. The Morgan fingerprint density at radius 2 is 1.65 bits per heavy atom. The zero-order valence-corrected chi connectivity index (χ0v) is 14.0. The fourth-order valence-corrected chi connectivity index (χ4v) is 3.12. The Labute approximate surface area is 142 Å². The smallest absolute Gasteiger partial charge is 0.269 e. The van der Waals surface area contributed by atoms with Crippen molar-refractivity contribution < 1.29 is 4.92 Å². The van der Waals surface area contributed by atoms with Gasteiger partial charge < -0.3 is 4.90 Å². The van der Waals surface area contributed by atoms with Crippen LogP contribution in [0.2, 0.25) is 0 Å². The molecule has 4 nitrogen and oxygen atoms in total. The van der Waals surface area contributed by atoms with Crippen LogP contribution < -0.4 is 0 Å². The number of nitro groups is 1. The van der Waals surface area contributed by atoms with Crippen molar-refractivity contribution >= 4 is 18.1 Å². The van der Waals surface area contributed by atoms with Gasteiger partial charge in [-0.1, -0.05) is 36.4 Å². The van der Waals surface area contributed by atoms with Crippen molar-refractivity contribution in [1.82, 2.24) is 4.90 Å². The summed E-state index contributed by atoms with van der Waals surface area (Å²) in [5.74, 6) is 0. The third kappa shape index (κ3) is 4.09. The molecule has 2 aromatic rings. The van der Waals surface area contributed by atoms with Gasteiger partial charge in [0.15, 0.2) is 0 Å². The van der Waals surface area contributed by atoms with Gasteiger partial charge in [-0.05, 0) is 43.0 Å². The first kappa shape index (κ1) is 17.4. The lowest BCUT2D eigenvalue weighted by Gasteiger charge is -2.24. The number of benzene rings is 2. The van der Waals surface area contributed by atoms with Crippen LogP contribution in [0.3, 0.4) is 0 Å². The van der Waals surface area contributed by atoms with E-state index in [0.29, 0.717) is 6.04 Å². The largest absolute Gasteiger partial charge is 0.302 e. The Hall–Kier alpha value is -1.91. The van der Waals surface area contributed by atoms with Gasteiger partial charge in [-0.3, -0.25) is 10.1 Å². The van der Waals surface area contributed by atoms with E-state index in [0.717, 1.165) is 31.4 Å². The lowest BCUT2D eigenvalue weighted by atomic mass is 10.1. The van der Waals surface area contributed by atoms with Crippen LogP contribution in [0.1, 0.15) is 16.7 Å². The molecule has 0 fully saturated rings. The molecule has 0 spiro atoms. The van der Waals surface area contributed by atoms with E-state index >= 15 is 0 Å². The van der Waals surface area contributed by atoms with Crippen LogP contribution in [0.4, 0.5) is 5.69 Å². The molecule has 1 aliphatic carbocycles. The maximum absolute atomic E-state index is 10.7. The zero-order valence-electron chi connectivity index (χ0n) is 13.1. The van der Waals surface area contributed by atoms with Crippen molar-refractivity contribution in [3.8, 4) is 0 Å². The molecule has 0 bridgehead atoms. The summed E-state index contributed by atoms with van der Waals surface area (Å²) in [5, 5.41) is 10.7. The summed E-state index contributed by atoms with van der Waals surface area (Å²) < 4.78 is 0. The monoisotopic (exact) mass is 332 g/mol. The Bertz CT molecular complexity index is 648. The normalized spacial score (nSPS) is 13.7. The minimum Gasteiger partial charge on any atom is -0.302 e. The third-order valence-corrected chi connectivity index (χ3v) is 4.55. The molecule has 23 heavy (non-hydrogen) atoms. The van der Waals surface area contributed by atoms with Gasteiger partial charge in [-0.2, -0.15) is 0 Å². The average Bonchev–Trinajstić information content (AvgIpc) is 2.97. The predicted molar refractivity (Wildman–Crippen MR) is 94.3 cm³/mol. The molecular formula is C18H21ClN2O2. The molecule has 0 amide bonds. The lowest BCUT2D eigenvalue weighted by molar-refractivity contribution is -0.384. The van der Waals surface area contributed by atoms with E-state index in [2.05, 4.69) is 36.2 Å². The number of fused-ring (bicyclic) bond motifs is 1. The van der Waals surface area contributed by atoms with Gasteiger partial charge in [0.25, 0.3) is 5.69 Å². The molecular weight excluding hydrogens is 312 g/mol. The van der Waals surface area contributed by atoms with Crippen LogP contribution in [0.25, 0.3) is 0 Å². The molecule has 0 unspecified atom stereocenters. The van der Waals surface area contributed by atoms with Crippen LogP contribution in [-0.2, 0) is 19.3 Å². The molecule has 1 aliphatic rings. The van der Waals surface area contributed by atoms with Gasteiger partial charge in [0.05, 0.1) is 4.92 Å². The number of rotatable bonds is 5. The van der Waals surface area contributed by atoms with Gasteiger partial charge in [-0.15, -0.1) is 12.4 Å². The first-order chi connectivity index (χ1) is 10.6. The zero-order chi connectivity index (χ0) is 15.5. The quantitative estimate of drug-likeness (QED) is 0.620. The van der Waals surface area contributed by atoms with Crippen molar-refractivity contribution in [2.75, 3.05) is 13.6 Å². The fourth-order valence-electron chi connectivity index (χ4n) is 3.12. The van der Waals surface area contributed by atoms with Crippen molar-refractivity contribution in [2.24, 2.45) is 0 Å². The third-order valence-electron chi connectivity index (χ3n) is 4.55. The number of likely N-dealkylation sites (N-methyl/N-ethyl adjacent to an activating group) is 1. The summed E-state index contributed by atoms with van der Waals surface area (Å²) in [6, 6.07) is 16.1. The van der Waals surface area contributed by atoms with Crippen molar-refractivity contribution in [3.63, 3.8) is 0 Å². The maximum Gasteiger partial charge on any atom is 0.269 e. The van der Waals surface area contributed by atoms with Gasteiger partial charge in [0, 0.05) is 24.7 Å². The van der Waals surface area contributed by atoms with Crippen LogP contribution in [-0.4, -0.2) is 29.5 Å². The molecule has 122 valence electrons. The molecule has 0 saturated carbocycles. The van der Waals surface area contributed by atoms with Crippen LogP contribution in [0, 0.1) is 10.1 Å². The van der Waals surface area contributed by atoms with Crippen molar-refractivity contribution in [2.45, 2.75) is 25.3 Å².